The lowest BCUT2D eigenvalue weighted by Crippen LogP contribution is -2.20. The van der Waals surface area contributed by atoms with E-state index in [1.165, 1.54) is 22.2 Å². The summed E-state index contributed by atoms with van der Waals surface area (Å²) in [6.07, 6.45) is 1.25. The second-order valence-corrected chi connectivity index (χ2v) is 5.91. The lowest BCUT2D eigenvalue weighted by Gasteiger charge is -2.02. The van der Waals surface area contributed by atoms with Crippen molar-refractivity contribution < 1.29 is 9.26 Å². The molecule has 0 N–H and O–H groups in total. The van der Waals surface area contributed by atoms with Crippen molar-refractivity contribution in [1.29, 1.82) is 0 Å². The van der Waals surface area contributed by atoms with Gasteiger partial charge in [-0.05, 0) is 19.9 Å². The van der Waals surface area contributed by atoms with Crippen LogP contribution >= 0.6 is 11.3 Å². The number of fused-ring (bicyclic) bond motifs is 1. The summed E-state index contributed by atoms with van der Waals surface area (Å²) < 4.78 is 11.7. The molecule has 0 aliphatic carbocycles. The van der Waals surface area contributed by atoms with Gasteiger partial charge in [-0.1, -0.05) is 5.16 Å². The molecule has 3 rings (SSSR count). The van der Waals surface area contributed by atoms with Crippen molar-refractivity contribution in [2.45, 2.75) is 26.5 Å². The van der Waals surface area contributed by atoms with Crippen LogP contribution in [0.1, 0.15) is 29.6 Å². The van der Waals surface area contributed by atoms with Crippen molar-refractivity contribution in [2.75, 3.05) is 7.11 Å². The quantitative estimate of drug-likeness (QED) is 0.732. The van der Waals surface area contributed by atoms with Crippen molar-refractivity contribution in [3.63, 3.8) is 0 Å². The fraction of sp³-hybridized carbons (Fsp3) is 0.385. The maximum absolute atomic E-state index is 12.4. The second kappa shape index (κ2) is 5.38. The van der Waals surface area contributed by atoms with Crippen LogP contribution in [0.5, 0.6) is 0 Å². The number of rotatable bonds is 4. The summed E-state index contributed by atoms with van der Waals surface area (Å²) in [7, 11) is 1.57. The van der Waals surface area contributed by atoms with E-state index in [1.807, 2.05) is 19.9 Å². The maximum Gasteiger partial charge on any atom is 0.262 e. The van der Waals surface area contributed by atoms with Crippen molar-refractivity contribution in [3.05, 3.63) is 39.3 Å². The van der Waals surface area contributed by atoms with Crippen LogP contribution in [0, 0.1) is 6.92 Å². The number of aryl methyl sites for hydroxylation is 1. The summed E-state index contributed by atoms with van der Waals surface area (Å²) in [6, 6.07) is 1.85. The van der Waals surface area contributed by atoms with E-state index in [9.17, 15) is 4.79 Å². The predicted molar refractivity (Wildman–Crippen MR) is 77.4 cm³/mol. The average Bonchev–Trinajstić information content (AvgIpc) is 3.07. The Hall–Kier alpha value is -2.06. The van der Waals surface area contributed by atoms with Crippen molar-refractivity contribution in [2.24, 2.45) is 0 Å². The Morgan fingerprint density at radius 2 is 2.33 bits per heavy atom. The van der Waals surface area contributed by atoms with E-state index in [1.54, 1.807) is 7.11 Å². The molecule has 0 fully saturated rings. The first kappa shape index (κ1) is 13.9. The number of hydrogen-bond acceptors (Lipinski definition) is 7. The SMILES string of the molecule is CO[C@H](C)c1noc(Cn2cnc3sc(C)cc3c2=O)n1. The molecule has 3 aromatic heterocycles. The lowest BCUT2D eigenvalue weighted by atomic mass is 10.3. The van der Waals surface area contributed by atoms with Gasteiger partial charge in [0.05, 0.1) is 11.7 Å². The van der Waals surface area contributed by atoms with Crippen LogP contribution in [-0.4, -0.2) is 26.8 Å². The number of aromatic nitrogens is 4. The Bertz CT molecular complexity index is 835. The Labute approximate surface area is 124 Å². The molecule has 1 atom stereocenters. The summed E-state index contributed by atoms with van der Waals surface area (Å²) >= 11 is 1.50. The molecular formula is C13H14N4O3S. The molecule has 0 unspecified atom stereocenters. The topological polar surface area (TPSA) is 83.0 Å². The first-order valence-electron chi connectivity index (χ1n) is 6.39. The van der Waals surface area contributed by atoms with Crippen LogP contribution in [0.2, 0.25) is 0 Å². The molecule has 7 nitrogen and oxygen atoms in total. The zero-order chi connectivity index (χ0) is 15.0. The first-order valence-corrected chi connectivity index (χ1v) is 7.21. The van der Waals surface area contributed by atoms with Crippen LogP contribution in [0.25, 0.3) is 10.2 Å². The summed E-state index contributed by atoms with van der Waals surface area (Å²) in [5.74, 6) is 0.810. The van der Waals surface area contributed by atoms with Crippen LogP contribution in [0.15, 0.2) is 21.7 Å². The van der Waals surface area contributed by atoms with Gasteiger partial charge in [-0.15, -0.1) is 11.3 Å². The minimum absolute atomic E-state index is 0.108. The van der Waals surface area contributed by atoms with Crippen LogP contribution in [0.3, 0.4) is 0 Å². The van der Waals surface area contributed by atoms with Gasteiger partial charge in [0, 0.05) is 12.0 Å². The van der Waals surface area contributed by atoms with E-state index in [0.717, 1.165) is 9.71 Å². The Balaban J connectivity index is 1.93. The van der Waals surface area contributed by atoms with E-state index >= 15 is 0 Å². The third-order valence-corrected chi connectivity index (χ3v) is 4.11. The standard InChI is InChI=1S/C13H14N4O3S/c1-7-4-9-12(21-7)14-6-17(13(9)18)5-10-15-11(16-20-10)8(2)19-3/h4,6,8H,5H2,1-3H3/t8-/m1/s1. The maximum atomic E-state index is 12.4. The van der Waals surface area contributed by atoms with Gasteiger partial charge in [-0.2, -0.15) is 4.98 Å². The summed E-state index contributed by atoms with van der Waals surface area (Å²) in [4.78, 5) is 22.7. The van der Waals surface area contributed by atoms with E-state index in [2.05, 4.69) is 15.1 Å². The molecule has 0 spiro atoms. The third-order valence-electron chi connectivity index (χ3n) is 3.15. The van der Waals surface area contributed by atoms with E-state index in [-0.39, 0.29) is 18.2 Å². The number of hydrogen-bond donors (Lipinski definition) is 0. The highest BCUT2D eigenvalue weighted by Gasteiger charge is 2.14. The summed E-state index contributed by atoms with van der Waals surface area (Å²) in [5, 5.41) is 4.45. The fourth-order valence-corrected chi connectivity index (χ4v) is 2.78. The van der Waals surface area contributed by atoms with Crippen molar-refractivity contribution >= 4 is 21.6 Å². The van der Waals surface area contributed by atoms with Crippen molar-refractivity contribution in [1.82, 2.24) is 19.7 Å². The molecule has 0 aliphatic rings. The fourth-order valence-electron chi connectivity index (χ4n) is 1.94. The zero-order valence-electron chi connectivity index (χ0n) is 11.9. The minimum Gasteiger partial charge on any atom is -0.374 e. The van der Waals surface area contributed by atoms with Gasteiger partial charge in [0.25, 0.3) is 5.56 Å². The second-order valence-electron chi connectivity index (χ2n) is 4.68. The van der Waals surface area contributed by atoms with Gasteiger partial charge in [0.2, 0.25) is 5.89 Å². The molecule has 8 heteroatoms. The molecule has 3 heterocycles. The first-order chi connectivity index (χ1) is 10.1. The molecule has 0 saturated heterocycles. The Morgan fingerprint density at radius 1 is 1.52 bits per heavy atom. The van der Waals surface area contributed by atoms with Gasteiger partial charge in [0.1, 0.15) is 17.5 Å². The largest absolute Gasteiger partial charge is 0.374 e. The van der Waals surface area contributed by atoms with E-state index in [4.69, 9.17) is 9.26 Å². The molecule has 0 bridgehead atoms. The Morgan fingerprint density at radius 3 is 3.10 bits per heavy atom. The van der Waals surface area contributed by atoms with Gasteiger partial charge < -0.3 is 9.26 Å². The van der Waals surface area contributed by atoms with Gasteiger partial charge in [-0.25, -0.2) is 4.98 Å². The van der Waals surface area contributed by atoms with E-state index in [0.29, 0.717) is 17.1 Å². The lowest BCUT2D eigenvalue weighted by molar-refractivity contribution is 0.109. The smallest absolute Gasteiger partial charge is 0.262 e. The predicted octanol–water partition coefficient (Wildman–Crippen LogP) is 1.91. The van der Waals surface area contributed by atoms with Crippen molar-refractivity contribution in [3.8, 4) is 0 Å². The third kappa shape index (κ3) is 2.59. The van der Waals surface area contributed by atoms with Crippen LogP contribution < -0.4 is 5.56 Å². The molecule has 0 saturated carbocycles. The summed E-state index contributed by atoms with van der Waals surface area (Å²) in [5.41, 5.74) is -0.108. The Kier molecular flexibility index (Phi) is 3.56. The molecule has 0 aliphatic heterocycles. The molecule has 21 heavy (non-hydrogen) atoms. The molecule has 3 aromatic rings. The van der Waals surface area contributed by atoms with Crippen LogP contribution in [0.4, 0.5) is 0 Å². The van der Waals surface area contributed by atoms with Gasteiger partial charge in [0.15, 0.2) is 5.82 Å². The number of ether oxygens (including phenoxy) is 1. The zero-order valence-corrected chi connectivity index (χ0v) is 12.7. The highest BCUT2D eigenvalue weighted by atomic mass is 32.1. The van der Waals surface area contributed by atoms with E-state index < -0.39 is 0 Å². The molecule has 110 valence electrons. The van der Waals surface area contributed by atoms with Crippen LogP contribution in [-0.2, 0) is 11.3 Å². The number of methoxy groups -OCH3 is 1. The minimum atomic E-state index is -0.251. The molecular weight excluding hydrogens is 292 g/mol. The number of thiophene rings is 1. The summed E-state index contributed by atoms with van der Waals surface area (Å²) in [6.45, 7) is 3.97. The molecule has 0 amide bonds. The molecule has 0 radical (unpaired) electrons. The monoisotopic (exact) mass is 306 g/mol. The average molecular weight is 306 g/mol. The van der Waals surface area contributed by atoms with Gasteiger partial charge in [-0.3, -0.25) is 9.36 Å². The molecule has 0 aromatic carbocycles. The highest BCUT2D eigenvalue weighted by molar-refractivity contribution is 7.18. The number of nitrogens with zero attached hydrogens (tertiary/aromatic N) is 4. The van der Waals surface area contributed by atoms with Gasteiger partial charge >= 0.3 is 0 Å². The normalized spacial score (nSPS) is 12.9. The highest BCUT2D eigenvalue weighted by Crippen LogP contribution is 2.19.